The van der Waals surface area contributed by atoms with Crippen molar-refractivity contribution >= 4 is 17.8 Å². The molecule has 1 unspecified atom stereocenters. The smallest absolute Gasteiger partial charge is 0.308 e. The first-order valence-electron chi connectivity index (χ1n) is 5.12. The number of rotatable bonds is 4. The zero-order chi connectivity index (χ0) is 12.3. The lowest BCUT2D eigenvalue weighted by molar-refractivity contribution is -0.141. The summed E-state index contributed by atoms with van der Waals surface area (Å²) in [6.07, 6.45) is 0.288. The van der Waals surface area contributed by atoms with E-state index in [1.165, 1.54) is 9.80 Å². The minimum atomic E-state index is -0.949. The summed E-state index contributed by atoms with van der Waals surface area (Å²) in [6.45, 7) is 0.522. The summed E-state index contributed by atoms with van der Waals surface area (Å²) in [6, 6.07) is 0. The Labute approximate surface area is 93.8 Å². The highest BCUT2D eigenvalue weighted by Gasteiger charge is 2.34. The van der Waals surface area contributed by atoms with Crippen molar-refractivity contribution in [3.63, 3.8) is 0 Å². The maximum absolute atomic E-state index is 11.4. The van der Waals surface area contributed by atoms with Gasteiger partial charge in [-0.2, -0.15) is 0 Å². The lowest BCUT2D eigenvalue weighted by Crippen LogP contribution is -2.31. The molecule has 1 aliphatic heterocycles. The second-order valence-electron chi connectivity index (χ2n) is 4.12. The Morgan fingerprint density at radius 2 is 2.12 bits per heavy atom. The topological polar surface area (TPSA) is 77.9 Å². The Hall–Kier alpha value is -1.59. The van der Waals surface area contributed by atoms with Gasteiger partial charge in [0.05, 0.1) is 5.92 Å². The molecule has 1 saturated heterocycles. The fourth-order valence-electron chi connectivity index (χ4n) is 1.61. The van der Waals surface area contributed by atoms with Crippen LogP contribution in [-0.2, 0) is 14.4 Å². The molecule has 1 heterocycles. The largest absolute Gasteiger partial charge is 0.481 e. The van der Waals surface area contributed by atoms with Crippen molar-refractivity contribution in [1.29, 1.82) is 0 Å². The van der Waals surface area contributed by atoms with Crippen molar-refractivity contribution in [2.75, 3.05) is 27.2 Å². The van der Waals surface area contributed by atoms with Crippen molar-refractivity contribution in [1.82, 2.24) is 9.80 Å². The number of hydrogen-bond acceptors (Lipinski definition) is 3. The minimum Gasteiger partial charge on any atom is -0.481 e. The fraction of sp³-hybridized carbons (Fsp3) is 0.700. The van der Waals surface area contributed by atoms with Gasteiger partial charge >= 0.3 is 5.97 Å². The molecule has 0 aliphatic carbocycles. The molecule has 0 spiro atoms. The Bertz CT molecular complexity index is 314. The molecule has 0 bridgehead atoms. The molecule has 0 aromatic rings. The molecule has 0 saturated carbocycles. The van der Waals surface area contributed by atoms with Crippen LogP contribution in [0.2, 0.25) is 0 Å². The number of carboxylic acids is 1. The van der Waals surface area contributed by atoms with E-state index in [0.717, 1.165) is 0 Å². The van der Waals surface area contributed by atoms with Gasteiger partial charge < -0.3 is 14.9 Å². The minimum absolute atomic E-state index is 0.0471. The van der Waals surface area contributed by atoms with Crippen LogP contribution in [0.25, 0.3) is 0 Å². The van der Waals surface area contributed by atoms with Crippen LogP contribution in [0.5, 0.6) is 0 Å². The lowest BCUT2D eigenvalue weighted by atomic mass is 10.1. The zero-order valence-corrected chi connectivity index (χ0v) is 9.47. The molecular formula is C10H16N2O4. The molecule has 2 amide bonds. The molecule has 1 atom stereocenters. The molecule has 16 heavy (non-hydrogen) atoms. The number of carbonyl (C=O) groups excluding carboxylic acids is 2. The molecule has 0 radical (unpaired) electrons. The number of nitrogens with zero attached hydrogens (tertiary/aromatic N) is 2. The van der Waals surface area contributed by atoms with E-state index in [0.29, 0.717) is 6.54 Å². The second-order valence-corrected chi connectivity index (χ2v) is 4.12. The standard InChI is InChI=1S/C10H16N2O4/c1-11(2)8(13)3-4-12-6-7(10(15)16)5-9(12)14/h7H,3-6H2,1-2H3,(H,15,16). The van der Waals surface area contributed by atoms with E-state index in [9.17, 15) is 14.4 Å². The third kappa shape index (κ3) is 2.95. The predicted molar refractivity (Wildman–Crippen MR) is 55.6 cm³/mol. The van der Waals surface area contributed by atoms with Gasteiger partial charge in [-0.15, -0.1) is 0 Å². The fourth-order valence-corrected chi connectivity index (χ4v) is 1.61. The van der Waals surface area contributed by atoms with Crippen molar-refractivity contribution < 1.29 is 19.5 Å². The number of hydrogen-bond donors (Lipinski definition) is 1. The van der Waals surface area contributed by atoms with Crippen molar-refractivity contribution in [2.45, 2.75) is 12.8 Å². The first-order valence-corrected chi connectivity index (χ1v) is 5.12. The zero-order valence-electron chi connectivity index (χ0n) is 9.47. The van der Waals surface area contributed by atoms with Gasteiger partial charge in [-0.3, -0.25) is 14.4 Å². The van der Waals surface area contributed by atoms with Gasteiger partial charge in [0.15, 0.2) is 0 Å². The van der Waals surface area contributed by atoms with Gasteiger partial charge in [0.1, 0.15) is 0 Å². The van der Waals surface area contributed by atoms with E-state index in [-0.39, 0.29) is 31.2 Å². The van der Waals surface area contributed by atoms with Crippen LogP contribution in [-0.4, -0.2) is 59.9 Å². The predicted octanol–water partition coefficient (Wildman–Crippen LogP) is -0.602. The summed E-state index contributed by atoms with van der Waals surface area (Å²) in [7, 11) is 3.29. The lowest BCUT2D eigenvalue weighted by Gasteiger charge is -2.17. The quantitative estimate of drug-likeness (QED) is 0.696. The number of amides is 2. The first-order chi connectivity index (χ1) is 7.41. The molecule has 6 nitrogen and oxygen atoms in total. The highest BCUT2D eigenvalue weighted by molar-refractivity contribution is 5.86. The Balaban J connectivity index is 2.42. The highest BCUT2D eigenvalue weighted by atomic mass is 16.4. The van der Waals surface area contributed by atoms with Crippen LogP contribution in [0.4, 0.5) is 0 Å². The van der Waals surface area contributed by atoms with Crippen LogP contribution in [0.3, 0.4) is 0 Å². The van der Waals surface area contributed by atoms with Gasteiger partial charge in [-0.05, 0) is 0 Å². The summed E-state index contributed by atoms with van der Waals surface area (Å²) >= 11 is 0. The maximum Gasteiger partial charge on any atom is 0.308 e. The molecule has 0 aromatic carbocycles. The van der Waals surface area contributed by atoms with Gasteiger partial charge in [-0.25, -0.2) is 0 Å². The molecule has 1 N–H and O–H groups in total. The normalized spacial score (nSPS) is 20.0. The third-order valence-electron chi connectivity index (χ3n) is 2.66. The van der Waals surface area contributed by atoms with E-state index in [4.69, 9.17) is 5.11 Å². The summed E-state index contributed by atoms with van der Waals surface area (Å²) in [5, 5.41) is 8.76. The molecule has 0 aromatic heterocycles. The van der Waals surface area contributed by atoms with Gasteiger partial charge in [0, 0.05) is 40.0 Å². The van der Waals surface area contributed by atoms with E-state index in [2.05, 4.69) is 0 Å². The average Bonchev–Trinajstić information content (AvgIpc) is 2.56. The SMILES string of the molecule is CN(C)C(=O)CCN1CC(C(=O)O)CC1=O. The number of aliphatic carboxylic acids is 1. The number of carbonyl (C=O) groups is 3. The molecule has 6 heteroatoms. The summed E-state index contributed by atoms with van der Waals surface area (Å²) in [5.74, 6) is -1.82. The molecule has 90 valence electrons. The molecule has 1 fully saturated rings. The monoisotopic (exact) mass is 228 g/mol. The van der Waals surface area contributed by atoms with Gasteiger partial charge in [0.25, 0.3) is 0 Å². The Kier molecular flexibility index (Phi) is 3.87. The third-order valence-corrected chi connectivity index (χ3v) is 2.66. The van der Waals surface area contributed by atoms with Crippen LogP contribution in [0.15, 0.2) is 0 Å². The summed E-state index contributed by atoms with van der Waals surface area (Å²) in [5.41, 5.74) is 0. The van der Waals surface area contributed by atoms with Crippen LogP contribution in [0, 0.1) is 5.92 Å². The van der Waals surface area contributed by atoms with Crippen LogP contribution >= 0.6 is 0 Å². The number of carboxylic acid groups (broad SMARTS) is 1. The van der Waals surface area contributed by atoms with Gasteiger partial charge in [-0.1, -0.05) is 0 Å². The Morgan fingerprint density at radius 1 is 1.50 bits per heavy atom. The summed E-state index contributed by atoms with van der Waals surface area (Å²) < 4.78 is 0. The van der Waals surface area contributed by atoms with Crippen molar-refractivity contribution in [3.8, 4) is 0 Å². The van der Waals surface area contributed by atoms with Crippen LogP contribution in [0.1, 0.15) is 12.8 Å². The molecule has 1 aliphatic rings. The van der Waals surface area contributed by atoms with E-state index in [1.807, 2.05) is 0 Å². The molecule has 1 rings (SSSR count). The molecular weight excluding hydrogens is 212 g/mol. The van der Waals surface area contributed by atoms with E-state index in [1.54, 1.807) is 14.1 Å². The number of likely N-dealkylation sites (tertiary alicyclic amines) is 1. The van der Waals surface area contributed by atoms with Gasteiger partial charge in [0.2, 0.25) is 11.8 Å². The summed E-state index contributed by atoms with van der Waals surface area (Å²) in [4.78, 5) is 36.3. The maximum atomic E-state index is 11.4. The highest BCUT2D eigenvalue weighted by Crippen LogP contribution is 2.17. The Morgan fingerprint density at radius 3 is 2.56 bits per heavy atom. The first kappa shape index (κ1) is 12.5. The van der Waals surface area contributed by atoms with Crippen LogP contribution < -0.4 is 0 Å². The van der Waals surface area contributed by atoms with Crippen molar-refractivity contribution in [3.05, 3.63) is 0 Å². The van der Waals surface area contributed by atoms with Crippen molar-refractivity contribution in [2.24, 2.45) is 5.92 Å². The second kappa shape index (κ2) is 4.96. The van der Waals surface area contributed by atoms with E-state index < -0.39 is 11.9 Å². The van der Waals surface area contributed by atoms with E-state index >= 15 is 0 Å². The average molecular weight is 228 g/mol.